The van der Waals surface area contributed by atoms with Gasteiger partial charge < -0.3 is 14.7 Å². The summed E-state index contributed by atoms with van der Waals surface area (Å²) in [5, 5.41) is 15.1. The zero-order valence-electron chi connectivity index (χ0n) is 20.8. The Morgan fingerprint density at radius 3 is 2.14 bits per heavy atom. The van der Waals surface area contributed by atoms with Crippen LogP contribution in [0.25, 0.3) is 10.8 Å². The van der Waals surface area contributed by atoms with Crippen molar-refractivity contribution in [3.63, 3.8) is 0 Å². The van der Waals surface area contributed by atoms with Gasteiger partial charge in [0.1, 0.15) is 18.0 Å². The molecule has 0 aliphatic carbocycles. The molecule has 4 aromatic carbocycles. The van der Waals surface area contributed by atoms with Crippen LogP contribution in [0.1, 0.15) is 36.1 Å². The minimum atomic E-state index is -1.22. The Hall–Kier alpha value is -2.85. The van der Waals surface area contributed by atoms with Gasteiger partial charge in [-0.1, -0.05) is 97.7 Å². The van der Waals surface area contributed by atoms with Crippen molar-refractivity contribution in [1.82, 2.24) is 4.90 Å². The second kappa shape index (κ2) is 11.3. The first-order valence-corrected chi connectivity index (χ1v) is 12.7. The standard InChI is InChI=1S/C31H34ClNO2/c1-4-33(5-2)20-21-35-30-19-18-29(27-8-6-7-9-28(27)30)31(34,25-14-10-23(3)11-15-25)22-24-12-16-26(32)17-13-24/h6-19,34H,4-5,20-22H2,1-3H3. The predicted octanol–water partition coefficient (Wildman–Crippen LogP) is 7.00. The second-order valence-corrected chi connectivity index (χ2v) is 9.50. The van der Waals surface area contributed by atoms with Crippen molar-refractivity contribution < 1.29 is 9.84 Å². The largest absolute Gasteiger partial charge is 0.492 e. The number of nitrogens with zero attached hydrogens (tertiary/aromatic N) is 1. The van der Waals surface area contributed by atoms with E-state index in [1.54, 1.807) is 0 Å². The lowest BCUT2D eigenvalue weighted by molar-refractivity contribution is 0.0826. The van der Waals surface area contributed by atoms with Crippen molar-refractivity contribution in [2.75, 3.05) is 26.2 Å². The van der Waals surface area contributed by atoms with Crippen molar-refractivity contribution in [3.05, 3.63) is 112 Å². The van der Waals surface area contributed by atoms with Crippen LogP contribution in [0.4, 0.5) is 0 Å². The molecule has 0 bridgehead atoms. The summed E-state index contributed by atoms with van der Waals surface area (Å²) in [6.45, 7) is 9.91. The van der Waals surface area contributed by atoms with Crippen molar-refractivity contribution in [2.45, 2.75) is 32.8 Å². The number of ether oxygens (including phenoxy) is 1. The van der Waals surface area contributed by atoms with E-state index < -0.39 is 5.60 Å². The quantitative estimate of drug-likeness (QED) is 0.261. The maximum absolute atomic E-state index is 12.4. The molecule has 0 aliphatic rings. The molecular weight excluding hydrogens is 454 g/mol. The zero-order valence-corrected chi connectivity index (χ0v) is 21.6. The maximum atomic E-state index is 12.4. The van der Waals surface area contributed by atoms with Crippen LogP contribution in [0, 0.1) is 6.92 Å². The van der Waals surface area contributed by atoms with E-state index in [9.17, 15) is 5.11 Å². The molecule has 0 aromatic heterocycles. The third kappa shape index (κ3) is 5.70. The third-order valence-corrected chi connectivity index (χ3v) is 7.04. The number of hydrogen-bond acceptors (Lipinski definition) is 3. The third-order valence-electron chi connectivity index (χ3n) is 6.79. The van der Waals surface area contributed by atoms with Crippen LogP contribution in [0.2, 0.25) is 5.02 Å². The first-order chi connectivity index (χ1) is 16.9. The number of halogens is 1. The Morgan fingerprint density at radius 2 is 1.49 bits per heavy atom. The molecule has 4 heteroatoms. The Kier molecular flexibility index (Phi) is 8.12. The van der Waals surface area contributed by atoms with Gasteiger partial charge in [0.25, 0.3) is 0 Å². The van der Waals surface area contributed by atoms with Crippen molar-refractivity contribution in [2.24, 2.45) is 0 Å². The van der Waals surface area contributed by atoms with Gasteiger partial charge in [-0.2, -0.15) is 0 Å². The molecule has 3 nitrogen and oxygen atoms in total. The molecule has 1 unspecified atom stereocenters. The normalized spacial score (nSPS) is 13.2. The lowest BCUT2D eigenvalue weighted by Gasteiger charge is -2.31. The van der Waals surface area contributed by atoms with E-state index in [4.69, 9.17) is 16.3 Å². The second-order valence-electron chi connectivity index (χ2n) is 9.06. The minimum absolute atomic E-state index is 0.430. The summed E-state index contributed by atoms with van der Waals surface area (Å²) in [5.74, 6) is 0.842. The number of aryl methyl sites for hydroxylation is 1. The number of aliphatic hydroxyl groups is 1. The molecule has 1 N–H and O–H groups in total. The first kappa shape index (κ1) is 25.2. The van der Waals surface area contributed by atoms with Gasteiger partial charge in [0.05, 0.1) is 0 Å². The van der Waals surface area contributed by atoms with Crippen LogP contribution in [0.3, 0.4) is 0 Å². The average Bonchev–Trinajstić information content (AvgIpc) is 2.88. The van der Waals surface area contributed by atoms with Crippen LogP contribution in [0.5, 0.6) is 5.75 Å². The van der Waals surface area contributed by atoms with Crippen molar-refractivity contribution in [3.8, 4) is 5.75 Å². The summed E-state index contributed by atoms with van der Waals surface area (Å²) >= 11 is 6.13. The fraction of sp³-hybridized carbons (Fsp3) is 0.290. The van der Waals surface area contributed by atoms with Crippen molar-refractivity contribution >= 4 is 22.4 Å². The Morgan fingerprint density at radius 1 is 0.829 bits per heavy atom. The number of benzene rings is 4. The molecule has 35 heavy (non-hydrogen) atoms. The van der Waals surface area contributed by atoms with E-state index in [0.717, 1.165) is 58.4 Å². The topological polar surface area (TPSA) is 32.7 Å². The monoisotopic (exact) mass is 487 g/mol. The highest BCUT2D eigenvalue weighted by atomic mass is 35.5. The molecule has 0 fully saturated rings. The average molecular weight is 488 g/mol. The first-order valence-electron chi connectivity index (χ1n) is 12.4. The summed E-state index contributed by atoms with van der Waals surface area (Å²) in [6, 6.07) is 28.1. The summed E-state index contributed by atoms with van der Waals surface area (Å²) in [4.78, 5) is 2.35. The number of rotatable bonds is 10. The van der Waals surface area contributed by atoms with Crippen LogP contribution < -0.4 is 4.74 Å². The molecule has 4 aromatic rings. The fourth-order valence-corrected chi connectivity index (χ4v) is 4.79. The van der Waals surface area contributed by atoms with Gasteiger partial charge in [-0.15, -0.1) is 0 Å². The van der Waals surface area contributed by atoms with Crippen LogP contribution >= 0.6 is 11.6 Å². The van der Waals surface area contributed by atoms with Crippen LogP contribution in [-0.4, -0.2) is 36.2 Å². The van der Waals surface area contributed by atoms with Gasteiger partial charge in [0.2, 0.25) is 0 Å². The number of hydrogen-bond donors (Lipinski definition) is 1. The lowest BCUT2D eigenvalue weighted by Crippen LogP contribution is -2.30. The molecular formula is C31H34ClNO2. The Bertz CT molecular complexity index is 1250. The molecule has 0 spiro atoms. The molecule has 0 radical (unpaired) electrons. The molecule has 0 amide bonds. The summed E-state index contributed by atoms with van der Waals surface area (Å²) in [5.41, 5.74) is 2.67. The van der Waals surface area contributed by atoms with E-state index in [2.05, 4.69) is 49.9 Å². The summed E-state index contributed by atoms with van der Waals surface area (Å²) in [6.07, 6.45) is 0.430. The van der Waals surface area contributed by atoms with Crippen LogP contribution in [-0.2, 0) is 12.0 Å². The highest BCUT2D eigenvalue weighted by Crippen LogP contribution is 2.40. The van der Waals surface area contributed by atoms with E-state index in [-0.39, 0.29) is 0 Å². The fourth-order valence-electron chi connectivity index (χ4n) is 4.66. The predicted molar refractivity (Wildman–Crippen MR) is 147 cm³/mol. The molecule has 1 atom stereocenters. The molecule has 0 heterocycles. The van der Waals surface area contributed by atoms with Gasteiger partial charge in [-0.25, -0.2) is 0 Å². The summed E-state index contributed by atoms with van der Waals surface area (Å²) < 4.78 is 6.24. The molecule has 0 saturated heterocycles. The van der Waals surface area contributed by atoms with Crippen molar-refractivity contribution in [1.29, 1.82) is 0 Å². The van der Waals surface area contributed by atoms with Gasteiger partial charge in [0.15, 0.2) is 0 Å². The molecule has 182 valence electrons. The van der Waals surface area contributed by atoms with Gasteiger partial charge in [-0.05, 0) is 60.3 Å². The van der Waals surface area contributed by atoms with E-state index in [1.807, 2.05) is 60.7 Å². The molecule has 0 saturated carbocycles. The van der Waals surface area contributed by atoms with E-state index in [1.165, 1.54) is 0 Å². The smallest absolute Gasteiger partial charge is 0.127 e. The molecule has 4 rings (SSSR count). The Labute approximate surface area is 213 Å². The highest BCUT2D eigenvalue weighted by molar-refractivity contribution is 6.30. The maximum Gasteiger partial charge on any atom is 0.127 e. The van der Waals surface area contributed by atoms with E-state index in [0.29, 0.717) is 18.1 Å². The van der Waals surface area contributed by atoms with E-state index >= 15 is 0 Å². The Balaban J connectivity index is 1.77. The lowest BCUT2D eigenvalue weighted by atomic mass is 9.79. The van der Waals surface area contributed by atoms with Gasteiger partial charge in [0, 0.05) is 23.4 Å². The van der Waals surface area contributed by atoms with Gasteiger partial charge >= 0.3 is 0 Å². The highest BCUT2D eigenvalue weighted by Gasteiger charge is 2.34. The van der Waals surface area contributed by atoms with Crippen LogP contribution in [0.15, 0.2) is 84.9 Å². The number of fused-ring (bicyclic) bond motifs is 1. The zero-order chi connectivity index (χ0) is 24.8. The summed E-state index contributed by atoms with van der Waals surface area (Å²) in [7, 11) is 0. The molecule has 0 aliphatic heterocycles. The van der Waals surface area contributed by atoms with Gasteiger partial charge in [-0.3, -0.25) is 0 Å². The minimum Gasteiger partial charge on any atom is -0.492 e. The number of likely N-dealkylation sites (N-methyl/N-ethyl adjacent to an activating group) is 1. The SMILES string of the molecule is CCN(CC)CCOc1ccc(C(O)(Cc2ccc(Cl)cc2)c2ccc(C)cc2)c2ccccc12.